The number of amides is 3. The summed E-state index contributed by atoms with van der Waals surface area (Å²) < 4.78 is 1.77. The lowest BCUT2D eigenvalue weighted by atomic mass is 10.1. The van der Waals surface area contributed by atoms with Crippen LogP contribution in [0, 0.1) is 0 Å². The van der Waals surface area contributed by atoms with E-state index in [0.29, 0.717) is 6.54 Å². The molecule has 1 aliphatic heterocycles. The van der Waals surface area contributed by atoms with E-state index in [-0.39, 0.29) is 43.1 Å². The van der Waals surface area contributed by atoms with Crippen LogP contribution < -0.4 is 5.32 Å². The molecular formula is C15H16N4O3S. The Morgan fingerprint density at radius 3 is 2.74 bits per heavy atom. The minimum absolute atomic E-state index is 0.120. The second kappa shape index (κ2) is 6.74. The molecule has 3 heterocycles. The first-order valence-electron chi connectivity index (χ1n) is 7.26. The second-order valence-electron chi connectivity index (χ2n) is 5.24. The zero-order valence-electron chi connectivity index (χ0n) is 12.3. The fraction of sp³-hybridized carbons (Fsp3) is 0.333. The van der Waals surface area contributed by atoms with Crippen molar-refractivity contribution in [1.29, 1.82) is 0 Å². The molecule has 0 aromatic carbocycles. The molecule has 2 aromatic heterocycles. The minimum Gasteiger partial charge on any atom is -0.352 e. The number of nitrogens with one attached hydrogen (secondary N) is 1. The van der Waals surface area contributed by atoms with Crippen LogP contribution in [0.4, 0.5) is 0 Å². The molecule has 1 N–H and O–H groups in total. The highest BCUT2D eigenvalue weighted by atomic mass is 32.1. The second-order valence-corrected chi connectivity index (χ2v) is 6.02. The van der Waals surface area contributed by atoms with Crippen LogP contribution in [-0.2, 0) is 14.4 Å². The maximum atomic E-state index is 12.0. The van der Waals surface area contributed by atoms with Gasteiger partial charge >= 0.3 is 0 Å². The van der Waals surface area contributed by atoms with Crippen molar-refractivity contribution in [2.24, 2.45) is 0 Å². The first-order chi connectivity index (χ1) is 11.1. The van der Waals surface area contributed by atoms with E-state index in [1.165, 1.54) is 0 Å². The number of rotatable bonds is 6. The van der Waals surface area contributed by atoms with Gasteiger partial charge in [0.1, 0.15) is 6.54 Å². The Bertz CT molecular complexity index is 646. The van der Waals surface area contributed by atoms with Crippen molar-refractivity contribution in [1.82, 2.24) is 20.0 Å². The summed E-state index contributed by atoms with van der Waals surface area (Å²) in [6.07, 6.45) is 3.90. The van der Waals surface area contributed by atoms with E-state index < -0.39 is 0 Å². The Kier molecular flexibility index (Phi) is 4.52. The van der Waals surface area contributed by atoms with E-state index in [4.69, 9.17) is 0 Å². The third-order valence-corrected chi connectivity index (χ3v) is 4.42. The molecule has 120 valence electrons. The Balaban J connectivity index is 1.62. The molecule has 1 fully saturated rings. The summed E-state index contributed by atoms with van der Waals surface area (Å²) in [5, 5.41) is 11.0. The van der Waals surface area contributed by atoms with Gasteiger partial charge in [0.15, 0.2) is 0 Å². The summed E-state index contributed by atoms with van der Waals surface area (Å²) >= 11 is 1.57. The smallest absolute Gasteiger partial charge is 0.240 e. The highest BCUT2D eigenvalue weighted by Crippen LogP contribution is 2.19. The van der Waals surface area contributed by atoms with Crippen LogP contribution in [0.15, 0.2) is 35.3 Å². The number of thiophene rings is 1. The number of imide groups is 1. The van der Waals surface area contributed by atoms with E-state index in [9.17, 15) is 14.4 Å². The first-order valence-corrected chi connectivity index (χ1v) is 8.20. The Hall–Kier alpha value is -2.48. The van der Waals surface area contributed by atoms with Crippen LogP contribution in [0.25, 0.3) is 0 Å². The normalized spacial score (nSPS) is 15.9. The Labute approximate surface area is 136 Å². The SMILES string of the molecule is O=C(CN1C(=O)CCC1=O)NC[C@H](c1ccsc1)n1cccn1. The largest absolute Gasteiger partial charge is 0.352 e. The number of nitrogens with zero attached hydrogens (tertiary/aromatic N) is 3. The maximum absolute atomic E-state index is 12.0. The quantitative estimate of drug-likeness (QED) is 0.793. The van der Waals surface area contributed by atoms with Crippen molar-refractivity contribution in [3.05, 3.63) is 40.8 Å². The standard InChI is InChI=1S/C15H16N4O3S/c20-13(9-18-14(21)2-3-15(18)22)16-8-12(11-4-7-23-10-11)19-6-1-5-17-19/h1,4-7,10,12H,2-3,8-9H2,(H,16,20)/t12-/m1/s1. The van der Waals surface area contributed by atoms with Gasteiger partial charge < -0.3 is 5.32 Å². The van der Waals surface area contributed by atoms with Crippen molar-refractivity contribution in [3.8, 4) is 0 Å². The van der Waals surface area contributed by atoms with Crippen molar-refractivity contribution in [2.75, 3.05) is 13.1 Å². The number of likely N-dealkylation sites (tertiary alicyclic amines) is 1. The van der Waals surface area contributed by atoms with Crippen LogP contribution in [0.5, 0.6) is 0 Å². The van der Waals surface area contributed by atoms with Crippen molar-refractivity contribution in [3.63, 3.8) is 0 Å². The summed E-state index contributed by atoms with van der Waals surface area (Å²) in [4.78, 5) is 36.2. The number of carbonyl (C=O) groups is 3. The number of aromatic nitrogens is 2. The molecule has 0 saturated carbocycles. The molecule has 0 unspecified atom stereocenters. The third kappa shape index (κ3) is 3.48. The predicted molar refractivity (Wildman–Crippen MR) is 83.6 cm³/mol. The summed E-state index contributed by atoms with van der Waals surface area (Å²) in [5.74, 6) is -0.917. The lowest BCUT2D eigenvalue weighted by Crippen LogP contribution is -2.41. The zero-order valence-corrected chi connectivity index (χ0v) is 13.2. The van der Waals surface area contributed by atoms with Crippen molar-refractivity contribution < 1.29 is 14.4 Å². The summed E-state index contributed by atoms with van der Waals surface area (Å²) in [6, 6.07) is 3.68. The monoisotopic (exact) mass is 332 g/mol. The van der Waals surface area contributed by atoms with Gasteiger partial charge in [-0.25, -0.2) is 0 Å². The molecule has 1 saturated heterocycles. The third-order valence-electron chi connectivity index (χ3n) is 3.72. The first kappa shape index (κ1) is 15.4. The molecule has 0 spiro atoms. The summed E-state index contributed by atoms with van der Waals surface area (Å²) in [7, 11) is 0. The van der Waals surface area contributed by atoms with Gasteiger partial charge in [-0.1, -0.05) is 0 Å². The molecule has 3 rings (SSSR count). The molecule has 3 amide bonds. The summed E-state index contributed by atoms with van der Waals surface area (Å²) in [5.41, 5.74) is 1.05. The molecular weight excluding hydrogens is 316 g/mol. The van der Waals surface area contributed by atoms with E-state index in [0.717, 1.165) is 10.5 Å². The Morgan fingerprint density at radius 1 is 1.35 bits per heavy atom. The van der Waals surface area contributed by atoms with Gasteiger partial charge in [-0.3, -0.25) is 24.0 Å². The number of carbonyl (C=O) groups excluding carboxylic acids is 3. The molecule has 2 aromatic rings. The van der Waals surface area contributed by atoms with Crippen molar-refractivity contribution >= 4 is 29.1 Å². The van der Waals surface area contributed by atoms with Gasteiger partial charge in [0.25, 0.3) is 0 Å². The van der Waals surface area contributed by atoms with E-state index in [1.807, 2.05) is 29.1 Å². The van der Waals surface area contributed by atoms with Crippen LogP contribution >= 0.6 is 11.3 Å². The van der Waals surface area contributed by atoms with Gasteiger partial charge in [-0.15, -0.1) is 0 Å². The average molecular weight is 332 g/mol. The molecule has 1 atom stereocenters. The Morgan fingerprint density at radius 2 is 2.13 bits per heavy atom. The van der Waals surface area contributed by atoms with Crippen LogP contribution in [0.1, 0.15) is 24.4 Å². The molecule has 7 nitrogen and oxygen atoms in total. The molecule has 0 aliphatic carbocycles. The van der Waals surface area contributed by atoms with E-state index >= 15 is 0 Å². The number of hydrogen-bond donors (Lipinski definition) is 1. The molecule has 0 bridgehead atoms. The van der Waals surface area contributed by atoms with Crippen molar-refractivity contribution in [2.45, 2.75) is 18.9 Å². The molecule has 8 heteroatoms. The van der Waals surface area contributed by atoms with Gasteiger partial charge in [-0.2, -0.15) is 16.4 Å². The van der Waals surface area contributed by atoms with E-state index in [1.54, 1.807) is 22.2 Å². The number of hydrogen-bond acceptors (Lipinski definition) is 5. The molecule has 0 radical (unpaired) electrons. The van der Waals surface area contributed by atoms with Gasteiger partial charge in [0, 0.05) is 31.8 Å². The van der Waals surface area contributed by atoms with Crippen LogP contribution in [-0.4, -0.2) is 45.5 Å². The lowest BCUT2D eigenvalue weighted by Gasteiger charge is -2.19. The molecule has 1 aliphatic rings. The fourth-order valence-electron chi connectivity index (χ4n) is 2.50. The maximum Gasteiger partial charge on any atom is 0.240 e. The zero-order chi connectivity index (χ0) is 16.2. The highest BCUT2D eigenvalue weighted by Gasteiger charge is 2.30. The molecule has 23 heavy (non-hydrogen) atoms. The average Bonchev–Trinajstić information content (AvgIpc) is 3.27. The van der Waals surface area contributed by atoms with Gasteiger partial charge in [-0.05, 0) is 28.5 Å². The van der Waals surface area contributed by atoms with Crippen LogP contribution in [0.3, 0.4) is 0 Å². The van der Waals surface area contributed by atoms with Gasteiger partial charge in [0.05, 0.1) is 6.04 Å². The summed E-state index contributed by atoms with van der Waals surface area (Å²) in [6.45, 7) is 0.126. The van der Waals surface area contributed by atoms with Gasteiger partial charge in [0.2, 0.25) is 17.7 Å². The lowest BCUT2D eigenvalue weighted by molar-refractivity contribution is -0.142. The predicted octanol–water partition coefficient (Wildman–Crippen LogP) is 0.799. The minimum atomic E-state index is -0.346. The highest BCUT2D eigenvalue weighted by molar-refractivity contribution is 7.07. The fourth-order valence-corrected chi connectivity index (χ4v) is 3.21. The topological polar surface area (TPSA) is 84.3 Å². The van der Waals surface area contributed by atoms with E-state index in [2.05, 4.69) is 10.4 Å². The van der Waals surface area contributed by atoms with Crippen LogP contribution in [0.2, 0.25) is 0 Å².